The zero-order chi connectivity index (χ0) is 29.6. The van der Waals surface area contributed by atoms with E-state index in [0.29, 0.717) is 12.8 Å². The van der Waals surface area contributed by atoms with Crippen LogP contribution in [0.4, 0.5) is 4.39 Å². The summed E-state index contributed by atoms with van der Waals surface area (Å²) in [5.74, 6) is -0.427. The van der Waals surface area contributed by atoms with Crippen molar-refractivity contribution in [2.45, 2.75) is 82.3 Å². The molecule has 9 atom stereocenters. The zero-order valence-electron chi connectivity index (χ0n) is 24.0. The Morgan fingerprint density at radius 3 is 2.67 bits per heavy atom. The molecule has 2 unspecified atom stereocenters. The van der Waals surface area contributed by atoms with E-state index in [0.717, 1.165) is 42.6 Å². The molecule has 0 amide bonds. The number of fused-ring (bicyclic) bond motifs is 6. The lowest BCUT2D eigenvalue weighted by Crippen LogP contribution is -2.62. The van der Waals surface area contributed by atoms with Gasteiger partial charge in [0.15, 0.2) is 5.60 Å². The number of rotatable bonds is 4. The largest absolute Gasteiger partial charge is 0.449 e. The Kier molecular flexibility index (Phi) is 6.61. The number of aliphatic hydroxyl groups excluding tert-OH is 1. The van der Waals surface area contributed by atoms with Gasteiger partial charge in [0.05, 0.1) is 35.3 Å². The Labute approximate surface area is 254 Å². The summed E-state index contributed by atoms with van der Waals surface area (Å²) in [6.07, 6.45) is 7.49. The summed E-state index contributed by atoms with van der Waals surface area (Å²) in [4.78, 5) is 31.0. The van der Waals surface area contributed by atoms with Crippen LogP contribution in [0.1, 0.15) is 64.1 Å². The van der Waals surface area contributed by atoms with E-state index in [1.54, 1.807) is 17.7 Å². The summed E-state index contributed by atoms with van der Waals surface area (Å²) in [6.45, 7) is 6.18. The molecule has 0 spiro atoms. The van der Waals surface area contributed by atoms with E-state index in [1.165, 1.54) is 29.5 Å². The van der Waals surface area contributed by atoms with Crippen LogP contribution in [0.15, 0.2) is 41.0 Å². The summed E-state index contributed by atoms with van der Waals surface area (Å²) in [6, 6.07) is 6.14. The third kappa shape index (κ3) is 3.90. The maximum Gasteiger partial charge on any atom is 0.322 e. The van der Waals surface area contributed by atoms with Crippen molar-refractivity contribution >= 4 is 47.1 Å². The molecule has 222 valence electrons. The molecule has 1 aromatic carbocycles. The van der Waals surface area contributed by atoms with E-state index < -0.39 is 33.5 Å². The SMILES string of the molecule is CC1N=CSC1C(=O)O[C@]1(C(=O)S)CC[C@H]2[C@@H]3CCC4=Cc5c(cnn5-c5ccc(F)cc5)C[C@]4(C)[C@H]3[C@@H](O)C[C@@]21C. The number of aromatic nitrogens is 2. The normalized spacial score (nSPS) is 40.0. The molecule has 4 aliphatic carbocycles. The van der Waals surface area contributed by atoms with Crippen LogP contribution in [-0.2, 0) is 20.7 Å². The van der Waals surface area contributed by atoms with E-state index in [-0.39, 0.29) is 35.0 Å². The smallest absolute Gasteiger partial charge is 0.322 e. The molecule has 1 N–H and O–H groups in total. The lowest BCUT2D eigenvalue weighted by Gasteiger charge is -2.60. The summed E-state index contributed by atoms with van der Waals surface area (Å²) < 4.78 is 21.7. The van der Waals surface area contributed by atoms with Gasteiger partial charge in [-0.05, 0) is 105 Å². The van der Waals surface area contributed by atoms with Crippen LogP contribution in [0.25, 0.3) is 11.8 Å². The van der Waals surface area contributed by atoms with E-state index in [2.05, 4.69) is 35.7 Å². The van der Waals surface area contributed by atoms with Gasteiger partial charge in [0, 0.05) is 5.41 Å². The fraction of sp³-hybridized carbons (Fsp3) is 0.562. The second-order valence-corrected chi connectivity index (χ2v) is 14.8. The highest BCUT2D eigenvalue weighted by Gasteiger charge is 2.70. The molecule has 7 rings (SSSR count). The number of aliphatic imine (C=N–C) groups is 1. The van der Waals surface area contributed by atoms with Crippen molar-refractivity contribution in [3.05, 3.63) is 53.1 Å². The van der Waals surface area contributed by atoms with Crippen molar-refractivity contribution in [3.63, 3.8) is 0 Å². The molecule has 2 aromatic rings. The lowest BCUT2D eigenvalue weighted by molar-refractivity contribution is -0.196. The highest BCUT2D eigenvalue weighted by molar-refractivity contribution is 8.13. The molecule has 5 aliphatic rings. The summed E-state index contributed by atoms with van der Waals surface area (Å²) in [7, 11) is 0. The number of hydrogen-bond donors (Lipinski definition) is 2. The van der Waals surface area contributed by atoms with Crippen LogP contribution in [0, 0.1) is 34.4 Å². The van der Waals surface area contributed by atoms with Crippen molar-refractivity contribution in [3.8, 4) is 5.69 Å². The van der Waals surface area contributed by atoms with Crippen molar-refractivity contribution in [1.82, 2.24) is 9.78 Å². The molecule has 0 bridgehead atoms. The van der Waals surface area contributed by atoms with Gasteiger partial charge in [-0.15, -0.1) is 12.6 Å². The number of halogens is 1. The highest BCUT2D eigenvalue weighted by Crippen LogP contribution is 2.68. The molecule has 1 aliphatic heterocycles. The second kappa shape index (κ2) is 9.79. The molecule has 7 nitrogen and oxygen atoms in total. The average Bonchev–Trinajstić information content (AvgIpc) is 3.63. The van der Waals surface area contributed by atoms with Gasteiger partial charge in [0.1, 0.15) is 11.1 Å². The van der Waals surface area contributed by atoms with Gasteiger partial charge in [-0.1, -0.05) is 31.2 Å². The summed E-state index contributed by atoms with van der Waals surface area (Å²) in [5.41, 5.74) is 3.54. The van der Waals surface area contributed by atoms with Crippen molar-refractivity contribution in [2.75, 3.05) is 0 Å². The zero-order valence-corrected chi connectivity index (χ0v) is 25.7. The van der Waals surface area contributed by atoms with Crippen molar-refractivity contribution in [2.24, 2.45) is 33.6 Å². The molecule has 10 heteroatoms. The minimum absolute atomic E-state index is 0.00164. The van der Waals surface area contributed by atoms with Gasteiger partial charge in [-0.25, -0.2) is 9.07 Å². The first kappa shape index (κ1) is 28.3. The Morgan fingerprint density at radius 1 is 1.21 bits per heavy atom. The number of carbonyl (C=O) groups is 2. The Morgan fingerprint density at radius 2 is 1.98 bits per heavy atom. The molecular weight excluding hydrogens is 574 g/mol. The van der Waals surface area contributed by atoms with Gasteiger partial charge in [0.25, 0.3) is 0 Å². The first-order valence-corrected chi connectivity index (χ1v) is 16.2. The Bertz CT molecular complexity index is 1520. The monoisotopic (exact) mass is 609 g/mol. The maximum absolute atomic E-state index is 13.6. The van der Waals surface area contributed by atoms with Gasteiger partial charge in [-0.3, -0.25) is 14.6 Å². The van der Waals surface area contributed by atoms with Gasteiger partial charge < -0.3 is 9.84 Å². The van der Waals surface area contributed by atoms with E-state index >= 15 is 0 Å². The summed E-state index contributed by atoms with van der Waals surface area (Å²) in [5, 5.41) is 15.7. The highest BCUT2D eigenvalue weighted by atomic mass is 32.2. The third-order valence-corrected chi connectivity index (χ3v) is 12.9. The van der Waals surface area contributed by atoms with Crippen LogP contribution < -0.4 is 0 Å². The number of hydrogen-bond acceptors (Lipinski definition) is 7. The molecule has 3 fully saturated rings. The number of carbonyl (C=O) groups excluding carboxylic acids is 2. The van der Waals surface area contributed by atoms with Crippen LogP contribution >= 0.6 is 24.4 Å². The van der Waals surface area contributed by atoms with Crippen molar-refractivity contribution < 1.29 is 23.8 Å². The van der Waals surface area contributed by atoms with E-state index in [4.69, 9.17) is 4.74 Å². The first-order chi connectivity index (χ1) is 20.0. The topological polar surface area (TPSA) is 93.8 Å². The fourth-order valence-electron chi connectivity index (χ4n) is 9.39. The quantitative estimate of drug-likeness (QED) is 0.355. The summed E-state index contributed by atoms with van der Waals surface area (Å²) >= 11 is 5.65. The predicted octanol–water partition coefficient (Wildman–Crippen LogP) is 5.43. The fourth-order valence-corrected chi connectivity index (χ4v) is 10.7. The number of thiol groups is 1. The number of nitrogens with zero attached hydrogens (tertiary/aromatic N) is 3. The van der Waals surface area contributed by atoms with Gasteiger partial charge in [0.2, 0.25) is 5.12 Å². The van der Waals surface area contributed by atoms with Crippen LogP contribution in [0.5, 0.6) is 0 Å². The van der Waals surface area contributed by atoms with Crippen LogP contribution in [0.2, 0.25) is 0 Å². The minimum atomic E-state index is -1.38. The van der Waals surface area contributed by atoms with E-state index in [9.17, 15) is 19.1 Å². The molecule has 2 heterocycles. The van der Waals surface area contributed by atoms with Crippen LogP contribution in [-0.4, -0.2) is 54.5 Å². The Hall–Kier alpha value is -2.43. The predicted molar refractivity (Wildman–Crippen MR) is 163 cm³/mol. The Balaban J connectivity index is 1.20. The molecule has 1 aromatic heterocycles. The van der Waals surface area contributed by atoms with Gasteiger partial charge in [-0.2, -0.15) is 5.10 Å². The molecule has 0 radical (unpaired) electrons. The standard InChI is InChI=1S/C32H36FN3O4S2/c1-17-27(42-16-34-17)28(38)40-32(29(39)41)11-10-23-22-9-4-19-12-24-18(15-35-36(24)21-7-5-20(33)6-8-21)13-30(19,2)26(22)25(37)14-31(23,32)3/h5-8,12,15-17,22-23,25-27,37H,4,9-11,13-14H2,1-3H3,(H,39,41)/t17?,22-,23-,25-,26+,27?,30-,31-,32-/m0/s1. The van der Waals surface area contributed by atoms with E-state index in [1.807, 2.05) is 24.7 Å². The van der Waals surface area contributed by atoms with Crippen LogP contribution in [0.3, 0.4) is 0 Å². The minimum Gasteiger partial charge on any atom is -0.449 e. The van der Waals surface area contributed by atoms with Crippen molar-refractivity contribution in [1.29, 1.82) is 0 Å². The molecule has 3 saturated carbocycles. The molecule has 0 saturated heterocycles. The third-order valence-electron chi connectivity index (χ3n) is 11.4. The lowest BCUT2D eigenvalue weighted by atomic mass is 9.45. The average molecular weight is 610 g/mol. The second-order valence-electron chi connectivity index (χ2n) is 13.4. The number of thioether (sulfide) groups is 1. The van der Waals surface area contributed by atoms with Gasteiger partial charge >= 0.3 is 5.97 Å². The number of allylic oxidation sites excluding steroid dienone is 1. The number of aliphatic hydroxyl groups is 1. The maximum atomic E-state index is 13.6. The number of benzene rings is 1. The molecule has 42 heavy (non-hydrogen) atoms. The first-order valence-electron chi connectivity index (χ1n) is 14.8. The number of esters is 1. The molecular formula is C32H36FN3O4S2. The number of ether oxygens (including phenoxy) is 1.